The van der Waals surface area contributed by atoms with Crippen LogP contribution in [-0.4, -0.2) is 19.3 Å². The van der Waals surface area contributed by atoms with Crippen LogP contribution >= 0.6 is 0 Å². The number of benzene rings is 3. The number of ether oxygens (including phenoxy) is 1. The first-order valence-corrected chi connectivity index (χ1v) is 17.2. The topological polar surface area (TPSA) is 44.9 Å². The van der Waals surface area contributed by atoms with Gasteiger partial charge in [-0.1, -0.05) is 77.0 Å². The number of hydrogen-bond donors (Lipinski definition) is 0. The van der Waals surface area contributed by atoms with Crippen molar-refractivity contribution in [1.82, 2.24) is 19.3 Å². The Labute approximate surface area is 278 Å². The highest BCUT2D eigenvalue weighted by molar-refractivity contribution is 6.09. The fourth-order valence-electron chi connectivity index (χ4n) is 7.65. The summed E-state index contributed by atoms with van der Waals surface area (Å²) < 4.78 is 11.0. The lowest BCUT2D eigenvalue weighted by Gasteiger charge is -2.31. The molecule has 0 saturated heterocycles. The number of nitrogens with zero attached hydrogens (tertiary/aromatic N) is 4. The van der Waals surface area contributed by atoms with Crippen LogP contribution < -0.4 is 4.74 Å². The van der Waals surface area contributed by atoms with Crippen molar-refractivity contribution in [2.75, 3.05) is 0 Å². The van der Waals surface area contributed by atoms with Gasteiger partial charge in [0.05, 0.1) is 22.4 Å². The highest BCUT2D eigenvalue weighted by Crippen LogP contribution is 2.43. The van der Waals surface area contributed by atoms with Crippen molar-refractivity contribution in [3.63, 3.8) is 0 Å². The predicted molar refractivity (Wildman–Crippen MR) is 195 cm³/mol. The maximum atomic E-state index is 6.59. The summed E-state index contributed by atoms with van der Waals surface area (Å²) in [6.07, 6.45) is 9.16. The molecule has 0 fully saturated rings. The van der Waals surface area contributed by atoms with Crippen molar-refractivity contribution in [2.45, 2.75) is 85.5 Å². The molecule has 5 heteroatoms. The minimum absolute atomic E-state index is 0.0190. The molecule has 3 heterocycles. The first kappa shape index (κ1) is 31.0. The Morgan fingerprint density at radius 2 is 1.66 bits per heavy atom. The van der Waals surface area contributed by atoms with E-state index in [1.807, 2.05) is 12.3 Å². The van der Waals surface area contributed by atoms with E-state index in [1.165, 1.54) is 46.9 Å². The monoisotopic (exact) mass is 622 g/mol. The van der Waals surface area contributed by atoms with Gasteiger partial charge in [-0.05, 0) is 92.5 Å². The van der Waals surface area contributed by atoms with Crippen LogP contribution in [0, 0.1) is 19.8 Å². The lowest BCUT2D eigenvalue weighted by molar-refractivity contribution is 0.436. The van der Waals surface area contributed by atoms with E-state index in [2.05, 4.69) is 137 Å². The van der Waals surface area contributed by atoms with Gasteiger partial charge in [0.1, 0.15) is 17.3 Å². The lowest BCUT2D eigenvalue weighted by atomic mass is 9.73. The average molecular weight is 623 g/mol. The van der Waals surface area contributed by atoms with Gasteiger partial charge in [-0.25, -0.2) is 9.67 Å². The molecule has 240 valence electrons. The van der Waals surface area contributed by atoms with Gasteiger partial charge in [-0.3, -0.25) is 4.57 Å². The molecule has 3 aromatic carbocycles. The van der Waals surface area contributed by atoms with Crippen LogP contribution in [0.1, 0.15) is 88.7 Å². The van der Waals surface area contributed by atoms with E-state index >= 15 is 0 Å². The van der Waals surface area contributed by atoms with Gasteiger partial charge < -0.3 is 4.74 Å². The van der Waals surface area contributed by atoms with Crippen molar-refractivity contribution in [2.24, 2.45) is 5.92 Å². The van der Waals surface area contributed by atoms with E-state index in [9.17, 15) is 0 Å². The lowest BCUT2D eigenvalue weighted by Crippen LogP contribution is -2.18. The van der Waals surface area contributed by atoms with Gasteiger partial charge in [-0.2, -0.15) is 5.10 Å². The van der Waals surface area contributed by atoms with E-state index < -0.39 is 0 Å². The molecule has 5 nitrogen and oxygen atoms in total. The molecule has 0 aliphatic heterocycles. The number of aryl methyl sites for hydroxylation is 1. The molecule has 0 radical (unpaired) electrons. The van der Waals surface area contributed by atoms with Crippen molar-refractivity contribution in [1.29, 1.82) is 0 Å². The van der Waals surface area contributed by atoms with Crippen molar-refractivity contribution in [3.05, 3.63) is 119 Å². The number of rotatable bonds is 7. The zero-order valence-corrected chi connectivity index (χ0v) is 28.8. The van der Waals surface area contributed by atoms with Crippen molar-refractivity contribution in [3.8, 4) is 23.0 Å². The van der Waals surface area contributed by atoms with Gasteiger partial charge in [0, 0.05) is 46.3 Å². The molecule has 1 aliphatic rings. The van der Waals surface area contributed by atoms with Crippen LogP contribution in [-0.2, 0) is 5.41 Å². The van der Waals surface area contributed by atoms with Gasteiger partial charge in [-0.15, -0.1) is 0 Å². The van der Waals surface area contributed by atoms with Gasteiger partial charge in [0.2, 0.25) is 0 Å². The van der Waals surface area contributed by atoms with E-state index in [0.29, 0.717) is 11.8 Å². The molecule has 3 aromatic heterocycles. The first-order valence-electron chi connectivity index (χ1n) is 17.2. The summed E-state index contributed by atoms with van der Waals surface area (Å²) >= 11 is 0. The zero-order chi connectivity index (χ0) is 32.9. The minimum Gasteiger partial charge on any atom is -0.457 e. The molecule has 0 amide bonds. The zero-order valence-electron chi connectivity index (χ0n) is 28.8. The first-order chi connectivity index (χ1) is 22.6. The highest BCUT2D eigenvalue weighted by atomic mass is 16.5. The van der Waals surface area contributed by atoms with E-state index in [1.54, 1.807) is 5.57 Å². The molecule has 1 aliphatic carbocycles. The third-order valence-electron chi connectivity index (χ3n) is 9.98. The Kier molecular flexibility index (Phi) is 8.03. The third kappa shape index (κ3) is 5.66. The summed E-state index contributed by atoms with van der Waals surface area (Å²) in [5, 5.41) is 7.46. The van der Waals surface area contributed by atoms with Crippen molar-refractivity contribution < 1.29 is 4.74 Å². The maximum absolute atomic E-state index is 6.59. The predicted octanol–water partition coefficient (Wildman–Crippen LogP) is 11.3. The SMILES string of the molecule is CCCC1=CCC[C@H](C)C1c1c(C)nn(-c2cccc(Oc3ccc4c5ccccc5n(-c5cc(C(C)(C)C)ccn5)c4c3)c2)c1C. The number of para-hydroxylation sites is 1. The van der Waals surface area contributed by atoms with Crippen LogP contribution in [0.2, 0.25) is 0 Å². The average Bonchev–Trinajstić information content (AvgIpc) is 3.54. The van der Waals surface area contributed by atoms with Gasteiger partial charge in [0.25, 0.3) is 0 Å². The molecule has 6 aromatic rings. The molecule has 0 saturated carbocycles. The number of pyridine rings is 1. The van der Waals surface area contributed by atoms with E-state index in [4.69, 9.17) is 14.8 Å². The van der Waals surface area contributed by atoms with Gasteiger partial charge >= 0.3 is 0 Å². The molecule has 47 heavy (non-hydrogen) atoms. The fraction of sp³-hybridized carbons (Fsp3) is 0.333. The molecule has 1 unspecified atom stereocenters. The molecule has 0 spiro atoms. The summed E-state index contributed by atoms with van der Waals surface area (Å²) in [4.78, 5) is 4.83. The molecule has 7 rings (SSSR count). The summed E-state index contributed by atoms with van der Waals surface area (Å²) in [5.74, 6) is 3.53. The Hall–Kier alpha value is -4.64. The third-order valence-corrected chi connectivity index (χ3v) is 9.98. The van der Waals surface area contributed by atoms with Gasteiger partial charge in [0.15, 0.2) is 0 Å². The van der Waals surface area contributed by atoms with E-state index in [-0.39, 0.29) is 5.41 Å². The van der Waals surface area contributed by atoms with Crippen LogP contribution in [0.25, 0.3) is 33.3 Å². The normalized spacial score (nSPS) is 17.0. The van der Waals surface area contributed by atoms with Crippen LogP contribution in [0.5, 0.6) is 11.5 Å². The van der Waals surface area contributed by atoms with Crippen LogP contribution in [0.3, 0.4) is 0 Å². The summed E-state index contributed by atoms with van der Waals surface area (Å²) in [5.41, 5.74) is 9.80. The van der Waals surface area contributed by atoms with Crippen molar-refractivity contribution >= 4 is 21.8 Å². The maximum Gasteiger partial charge on any atom is 0.137 e. The quantitative estimate of drug-likeness (QED) is 0.166. The Morgan fingerprint density at radius 3 is 2.47 bits per heavy atom. The Balaban J connectivity index is 1.26. The number of fused-ring (bicyclic) bond motifs is 3. The molecule has 2 atom stereocenters. The van der Waals surface area contributed by atoms with Crippen LogP contribution in [0.4, 0.5) is 0 Å². The minimum atomic E-state index is 0.0190. The largest absolute Gasteiger partial charge is 0.457 e. The highest BCUT2D eigenvalue weighted by Gasteiger charge is 2.31. The molecule has 0 bridgehead atoms. The van der Waals surface area contributed by atoms with Crippen LogP contribution in [0.15, 0.2) is 96.7 Å². The standard InChI is InChI=1S/C42H46N4O/c1-8-13-30-15-11-14-27(2)40(30)41-28(3)44-46(29(41)4)32-16-12-17-33(25-32)47-34-20-21-36-35-18-9-10-19-37(35)45(38(36)26-34)39-24-31(22-23-43-39)42(5,6)7/h9-10,12,15-27,40H,8,11,13-14H2,1-7H3/t27-,40?/m0/s1. The summed E-state index contributed by atoms with van der Waals surface area (Å²) in [6.45, 7) is 15.8. The summed E-state index contributed by atoms with van der Waals surface area (Å²) in [7, 11) is 0. The Bertz CT molecular complexity index is 2120. The second-order valence-corrected chi connectivity index (χ2v) is 14.3. The Morgan fingerprint density at radius 1 is 0.872 bits per heavy atom. The fourth-order valence-corrected chi connectivity index (χ4v) is 7.65. The molecule has 0 N–H and O–H groups in total. The summed E-state index contributed by atoms with van der Waals surface area (Å²) in [6, 6.07) is 27.5. The number of aromatic nitrogens is 4. The second kappa shape index (κ2) is 12.2. The molecular weight excluding hydrogens is 576 g/mol. The molecular formula is C42H46N4O. The van der Waals surface area contributed by atoms with E-state index in [0.717, 1.165) is 46.2 Å². The smallest absolute Gasteiger partial charge is 0.137 e. The number of allylic oxidation sites excluding steroid dienone is 2. The number of hydrogen-bond acceptors (Lipinski definition) is 3. The second-order valence-electron chi connectivity index (χ2n) is 14.3.